The Morgan fingerprint density at radius 2 is 1.87 bits per heavy atom. The molecule has 0 fully saturated rings. The number of amides is 1. The first-order chi connectivity index (χ1) is 14.4. The van der Waals surface area contributed by atoms with Crippen molar-refractivity contribution < 1.29 is 17.9 Å². The first-order valence-electron chi connectivity index (χ1n) is 10.6. The smallest absolute Gasteiger partial charge is 0.232 e. The topological polar surface area (TPSA) is 75.7 Å². The number of hydrogen-bond acceptors (Lipinski definition) is 4. The van der Waals surface area contributed by atoms with Crippen LogP contribution >= 0.6 is 0 Å². The van der Waals surface area contributed by atoms with Gasteiger partial charge >= 0.3 is 0 Å². The summed E-state index contributed by atoms with van der Waals surface area (Å²) in [7, 11) is -3.43. The largest absolute Gasteiger partial charge is 0.487 e. The fraction of sp³-hybridized carbons (Fsp3) is 0.458. The summed E-state index contributed by atoms with van der Waals surface area (Å²) in [5.74, 6) is 0.711. The van der Waals surface area contributed by atoms with Crippen molar-refractivity contribution in [1.82, 2.24) is 5.32 Å². The Bertz CT molecular complexity index is 1060. The molecule has 1 N–H and O–H groups in total. The van der Waals surface area contributed by atoms with E-state index < -0.39 is 10.0 Å². The Morgan fingerprint density at radius 3 is 2.55 bits per heavy atom. The molecule has 0 saturated heterocycles. The molecule has 0 aliphatic carbocycles. The van der Waals surface area contributed by atoms with Crippen LogP contribution in [0.4, 0.5) is 5.69 Å². The third-order valence-corrected chi connectivity index (χ3v) is 6.61. The minimum Gasteiger partial charge on any atom is -0.487 e. The highest BCUT2D eigenvalue weighted by Gasteiger charge is 2.34. The van der Waals surface area contributed by atoms with Crippen LogP contribution in [0.2, 0.25) is 0 Å². The van der Waals surface area contributed by atoms with E-state index in [0.29, 0.717) is 18.5 Å². The van der Waals surface area contributed by atoms with E-state index in [4.69, 9.17) is 4.74 Å². The molecule has 0 aromatic heterocycles. The highest BCUT2D eigenvalue weighted by atomic mass is 32.2. The summed E-state index contributed by atoms with van der Waals surface area (Å²) in [5, 5.41) is 3.13. The van der Waals surface area contributed by atoms with Gasteiger partial charge in [-0.2, -0.15) is 0 Å². The monoisotopic (exact) mass is 444 g/mol. The molecule has 2 aromatic carbocycles. The normalized spacial score (nSPS) is 17.4. The highest BCUT2D eigenvalue weighted by Crippen LogP contribution is 2.39. The van der Waals surface area contributed by atoms with Crippen molar-refractivity contribution in [3.05, 3.63) is 59.2 Å². The van der Waals surface area contributed by atoms with Crippen LogP contribution in [0.3, 0.4) is 0 Å². The summed E-state index contributed by atoms with van der Waals surface area (Å²) >= 11 is 0. The quantitative estimate of drug-likeness (QED) is 0.692. The summed E-state index contributed by atoms with van der Waals surface area (Å²) in [6.07, 6.45) is 2.55. The Kier molecular flexibility index (Phi) is 6.65. The van der Waals surface area contributed by atoms with Crippen molar-refractivity contribution in [3.63, 3.8) is 0 Å². The Hall–Kier alpha value is -2.54. The highest BCUT2D eigenvalue weighted by molar-refractivity contribution is 7.92. The van der Waals surface area contributed by atoms with Crippen molar-refractivity contribution in [2.45, 2.75) is 58.6 Å². The van der Waals surface area contributed by atoms with E-state index in [1.807, 2.05) is 58.0 Å². The third kappa shape index (κ3) is 6.00. The summed E-state index contributed by atoms with van der Waals surface area (Å²) in [4.78, 5) is 12.7. The number of nitrogens with one attached hydrogen (secondary N) is 1. The number of rotatable bonds is 7. The van der Waals surface area contributed by atoms with E-state index in [0.717, 1.165) is 22.4 Å². The second-order valence-corrected chi connectivity index (χ2v) is 10.9. The van der Waals surface area contributed by atoms with E-state index in [2.05, 4.69) is 11.4 Å². The number of anilines is 1. The lowest BCUT2D eigenvalue weighted by Gasteiger charge is -2.38. The van der Waals surface area contributed by atoms with Crippen LogP contribution in [0.5, 0.6) is 5.75 Å². The average Bonchev–Trinajstić information content (AvgIpc) is 2.64. The van der Waals surface area contributed by atoms with E-state index in [1.165, 1.54) is 10.6 Å². The number of nitrogens with zero attached hydrogens (tertiary/aromatic N) is 1. The maximum atomic E-state index is 12.7. The maximum Gasteiger partial charge on any atom is 0.232 e. The van der Waals surface area contributed by atoms with Crippen LogP contribution in [0.25, 0.3) is 0 Å². The zero-order valence-corrected chi connectivity index (χ0v) is 19.8. The van der Waals surface area contributed by atoms with Crippen LogP contribution < -0.4 is 14.4 Å². The van der Waals surface area contributed by atoms with Gasteiger partial charge in [-0.15, -0.1) is 0 Å². The van der Waals surface area contributed by atoms with Crippen molar-refractivity contribution in [3.8, 4) is 5.75 Å². The van der Waals surface area contributed by atoms with E-state index in [1.54, 1.807) is 6.07 Å². The van der Waals surface area contributed by atoms with E-state index in [9.17, 15) is 13.2 Å². The van der Waals surface area contributed by atoms with Crippen LogP contribution in [-0.2, 0) is 14.8 Å². The molecule has 1 heterocycles. The molecule has 1 atom stereocenters. The van der Waals surface area contributed by atoms with Crippen LogP contribution in [0.15, 0.2) is 42.5 Å². The molecule has 2 aromatic rings. The molecule has 1 aliphatic heterocycles. The number of benzene rings is 2. The number of sulfonamides is 1. The van der Waals surface area contributed by atoms with Gasteiger partial charge in [-0.25, -0.2) is 8.42 Å². The van der Waals surface area contributed by atoms with Gasteiger partial charge in [-0.05, 0) is 57.9 Å². The predicted molar refractivity (Wildman–Crippen MR) is 124 cm³/mol. The number of hydrogen-bond donors (Lipinski definition) is 1. The molecular formula is C24H32N2O4S. The third-order valence-electron chi connectivity index (χ3n) is 5.41. The molecule has 1 aliphatic rings. The Labute approximate surface area is 185 Å². The van der Waals surface area contributed by atoms with Crippen molar-refractivity contribution in [2.24, 2.45) is 0 Å². The molecule has 0 saturated carbocycles. The van der Waals surface area contributed by atoms with Gasteiger partial charge < -0.3 is 10.1 Å². The first kappa shape index (κ1) is 23.1. The average molecular weight is 445 g/mol. The van der Waals surface area contributed by atoms with Crippen LogP contribution in [0.1, 0.15) is 55.8 Å². The number of carbonyl (C=O) groups is 1. The lowest BCUT2D eigenvalue weighted by Crippen LogP contribution is -2.41. The molecule has 7 heteroatoms. The van der Waals surface area contributed by atoms with Gasteiger partial charge in [-0.1, -0.05) is 29.8 Å². The molecular weight excluding hydrogens is 412 g/mol. The Balaban J connectivity index is 1.65. The van der Waals surface area contributed by atoms with Gasteiger partial charge in [0, 0.05) is 24.9 Å². The molecule has 3 rings (SSSR count). The molecule has 31 heavy (non-hydrogen) atoms. The predicted octanol–water partition coefficient (Wildman–Crippen LogP) is 4.27. The van der Waals surface area contributed by atoms with Crippen molar-refractivity contribution in [2.75, 3.05) is 17.1 Å². The molecule has 0 spiro atoms. The van der Waals surface area contributed by atoms with Gasteiger partial charge in [0.1, 0.15) is 11.4 Å². The zero-order valence-electron chi connectivity index (χ0n) is 18.9. The van der Waals surface area contributed by atoms with E-state index >= 15 is 0 Å². The van der Waals surface area contributed by atoms with Crippen LogP contribution in [0, 0.1) is 13.8 Å². The Morgan fingerprint density at radius 1 is 1.16 bits per heavy atom. The molecule has 6 nitrogen and oxygen atoms in total. The summed E-state index contributed by atoms with van der Waals surface area (Å²) in [5.41, 5.74) is 3.34. The summed E-state index contributed by atoms with van der Waals surface area (Å²) < 4.78 is 32.0. The van der Waals surface area contributed by atoms with Gasteiger partial charge in [0.05, 0.1) is 18.0 Å². The van der Waals surface area contributed by atoms with Crippen LogP contribution in [-0.4, -0.2) is 32.7 Å². The van der Waals surface area contributed by atoms with Gasteiger partial charge in [-0.3, -0.25) is 9.10 Å². The van der Waals surface area contributed by atoms with Gasteiger partial charge in [0.2, 0.25) is 15.9 Å². The number of ether oxygens (including phenoxy) is 1. The fourth-order valence-electron chi connectivity index (χ4n) is 4.02. The fourth-order valence-corrected chi connectivity index (χ4v) is 4.98. The molecule has 0 radical (unpaired) electrons. The van der Waals surface area contributed by atoms with E-state index in [-0.39, 0.29) is 30.5 Å². The molecule has 0 unspecified atom stereocenters. The molecule has 1 amide bonds. The minimum absolute atomic E-state index is 0.0900. The van der Waals surface area contributed by atoms with Crippen molar-refractivity contribution >= 4 is 21.6 Å². The lowest BCUT2D eigenvalue weighted by molar-refractivity contribution is -0.122. The van der Waals surface area contributed by atoms with Crippen molar-refractivity contribution in [1.29, 1.82) is 0 Å². The van der Waals surface area contributed by atoms with Gasteiger partial charge in [0.15, 0.2) is 0 Å². The number of fused-ring (bicyclic) bond motifs is 1. The number of aryl methyl sites for hydroxylation is 2. The second-order valence-electron chi connectivity index (χ2n) is 9.00. The maximum absolute atomic E-state index is 12.7. The molecule has 168 valence electrons. The standard InChI is InChI=1S/C24H32N2O4S/c1-17-8-6-9-19(14-17)26(31(5,28)29)13-7-10-23(27)25-21-16-24(3,4)30-22-12-11-18(2)15-20(21)22/h6,8-9,11-12,14-15,21H,7,10,13,16H2,1-5H3,(H,25,27)/t21-/m0/s1. The summed E-state index contributed by atoms with van der Waals surface area (Å²) in [6.45, 7) is 8.22. The lowest BCUT2D eigenvalue weighted by atomic mass is 9.89. The number of carbonyl (C=O) groups excluding carboxylic acids is 1. The first-order valence-corrected chi connectivity index (χ1v) is 12.4. The molecule has 0 bridgehead atoms. The van der Waals surface area contributed by atoms with Gasteiger partial charge in [0.25, 0.3) is 0 Å². The second kappa shape index (κ2) is 8.91. The summed E-state index contributed by atoms with van der Waals surface area (Å²) in [6, 6.07) is 13.3. The SMILES string of the molecule is Cc1cccc(N(CCCC(=O)N[C@H]2CC(C)(C)Oc3ccc(C)cc32)S(C)(=O)=O)c1. The minimum atomic E-state index is -3.43. The zero-order chi connectivity index (χ0) is 22.8.